The molecular formula is C29H36N4O. The molecule has 178 valence electrons. The molecule has 0 bridgehead atoms. The van der Waals surface area contributed by atoms with Crippen molar-refractivity contribution in [3.05, 3.63) is 88.8 Å². The molecule has 5 heteroatoms. The van der Waals surface area contributed by atoms with Crippen LogP contribution in [-0.4, -0.2) is 49.0 Å². The summed E-state index contributed by atoms with van der Waals surface area (Å²) >= 11 is 0. The molecule has 2 N–H and O–H groups in total. The van der Waals surface area contributed by atoms with Crippen molar-refractivity contribution in [2.24, 2.45) is 5.92 Å². The van der Waals surface area contributed by atoms with Crippen LogP contribution in [0.5, 0.6) is 0 Å². The van der Waals surface area contributed by atoms with E-state index in [9.17, 15) is 4.79 Å². The lowest BCUT2D eigenvalue weighted by molar-refractivity contribution is 0.0899. The van der Waals surface area contributed by atoms with E-state index >= 15 is 0 Å². The third kappa shape index (κ3) is 5.48. The van der Waals surface area contributed by atoms with E-state index in [4.69, 9.17) is 0 Å². The molecule has 5 nitrogen and oxygen atoms in total. The minimum Gasteiger partial charge on any atom is -0.388 e. The molecule has 2 aromatic rings. The van der Waals surface area contributed by atoms with Gasteiger partial charge < -0.3 is 15.5 Å². The number of pyridine rings is 1. The third-order valence-electron chi connectivity index (χ3n) is 6.75. The van der Waals surface area contributed by atoms with E-state index in [1.165, 1.54) is 11.1 Å². The number of nitrogens with zero attached hydrogens (tertiary/aromatic N) is 2. The van der Waals surface area contributed by atoms with Crippen LogP contribution in [0, 0.1) is 5.92 Å². The lowest BCUT2D eigenvalue weighted by atomic mass is 9.85. The largest absolute Gasteiger partial charge is 0.388 e. The predicted molar refractivity (Wildman–Crippen MR) is 141 cm³/mol. The quantitative estimate of drug-likeness (QED) is 0.620. The van der Waals surface area contributed by atoms with Crippen LogP contribution in [0.2, 0.25) is 0 Å². The van der Waals surface area contributed by atoms with Gasteiger partial charge in [-0.3, -0.25) is 9.78 Å². The van der Waals surface area contributed by atoms with Gasteiger partial charge in [0.2, 0.25) is 0 Å². The summed E-state index contributed by atoms with van der Waals surface area (Å²) in [7, 11) is 4.06. The Hall–Kier alpha value is -3.18. The standard InChI is InChI=1S/C29H36N4O/c1-20(2)28(22-12-14-31-15-13-22)26-17-23(10-11-27(26)30-3)29(34)32-25-16-24(18-33(4)19-25)21-8-6-5-7-9-21/h6,8-15,17,24-25,30H,5,7,16,18-19H2,1-4H3,(H,32,34). The first-order valence-corrected chi connectivity index (χ1v) is 12.2. The maximum Gasteiger partial charge on any atom is 0.251 e. The molecule has 2 heterocycles. The van der Waals surface area contributed by atoms with Gasteiger partial charge in [-0.05, 0) is 93.1 Å². The number of anilines is 1. The Bertz CT molecular complexity index is 1110. The molecule has 1 aliphatic heterocycles. The monoisotopic (exact) mass is 456 g/mol. The number of piperidine rings is 1. The highest BCUT2D eigenvalue weighted by Gasteiger charge is 2.28. The lowest BCUT2D eigenvalue weighted by Crippen LogP contribution is -2.49. The third-order valence-corrected chi connectivity index (χ3v) is 6.75. The number of carbonyl (C=O) groups excluding carboxylic acids is 1. The minimum atomic E-state index is -0.0149. The number of benzene rings is 1. The average Bonchev–Trinajstić information content (AvgIpc) is 2.84. The van der Waals surface area contributed by atoms with Crippen LogP contribution in [0.4, 0.5) is 5.69 Å². The molecule has 1 aromatic carbocycles. The van der Waals surface area contributed by atoms with Crippen molar-refractivity contribution in [3.8, 4) is 0 Å². The zero-order chi connectivity index (χ0) is 24.1. The number of carbonyl (C=O) groups is 1. The van der Waals surface area contributed by atoms with Crippen LogP contribution in [0.15, 0.2) is 72.1 Å². The Morgan fingerprint density at radius 2 is 1.85 bits per heavy atom. The SMILES string of the molecule is CNc1ccc(C(=O)NC2CC(C3=CCCC=C3)CN(C)C2)cc1C(=C(C)C)c1ccncc1. The summed E-state index contributed by atoms with van der Waals surface area (Å²) in [6.45, 7) is 6.12. The fourth-order valence-electron chi connectivity index (χ4n) is 5.21. The first-order chi connectivity index (χ1) is 16.5. The Morgan fingerprint density at radius 3 is 2.53 bits per heavy atom. The molecule has 1 aliphatic carbocycles. The first kappa shape index (κ1) is 24.0. The molecule has 1 amide bonds. The van der Waals surface area contributed by atoms with E-state index in [1.807, 2.05) is 37.4 Å². The number of aromatic nitrogens is 1. The van der Waals surface area contributed by atoms with Gasteiger partial charge >= 0.3 is 0 Å². The normalized spacial score (nSPS) is 20.4. The van der Waals surface area contributed by atoms with E-state index in [2.05, 4.69) is 59.6 Å². The first-order valence-electron chi connectivity index (χ1n) is 12.2. The Morgan fingerprint density at radius 1 is 1.06 bits per heavy atom. The molecule has 34 heavy (non-hydrogen) atoms. The molecule has 1 aromatic heterocycles. The number of amides is 1. The van der Waals surface area contributed by atoms with Gasteiger partial charge in [0.25, 0.3) is 5.91 Å². The maximum absolute atomic E-state index is 13.4. The predicted octanol–water partition coefficient (Wildman–Crippen LogP) is 5.29. The summed E-state index contributed by atoms with van der Waals surface area (Å²) in [5.41, 5.74) is 7.53. The van der Waals surface area contributed by atoms with Crippen molar-refractivity contribution >= 4 is 17.2 Å². The van der Waals surface area contributed by atoms with Crippen LogP contribution < -0.4 is 10.6 Å². The molecule has 0 radical (unpaired) electrons. The van der Waals surface area contributed by atoms with Crippen LogP contribution >= 0.6 is 0 Å². The Labute approximate surface area is 203 Å². The van der Waals surface area contributed by atoms with Crippen molar-refractivity contribution in [2.45, 2.75) is 39.2 Å². The van der Waals surface area contributed by atoms with Crippen LogP contribution in [0.25, 0.3) is 5.57 Å². The summed E-state index contributed by atoms with van der Waals surface area (Å²) in [5.74, 6) is 0.450. The van der Waals surface area contributed by atoms with E-state index in [1.54, 1.807) is 12.4 Å². The maximum atomic E-state index is 13.4. The fourth-order valence-corrected chi connectivity index (χ4v) is 5.21. The molecule has 0 saturated carbocycles. The van der Waals surface area contributed by atoms with Gasteiger partial charge in [-0.15, -0.1) is 0 Å². The highest BCUT2D eigenvalue weighted by atomic mass is 16.1. The van der Waals surface area contributed by atoms with E-state index in [-0.39, 0.29) is 11.9 Å². The molecule has 1 saturated heterocycles. The van der Waals surface area contributed by atoms with Gasteiger partial charge in [-0.25, -0.2) is 0 Å². The average molecular weight is 457 g/mol. The van der Waals surface area contributed by atoms with E-state index < -0.39 is 0 Å². The van der Waals surface area contributed by atoms with Crippen molar-refractivity contribution in [3.63, 3.8) is 0 Å². The topological polar surface area (TPSA) is 57.3 Å². The zero-order valence-electron chi connectivity index (χ0n) is 20.8. The second-order valence-electron chi connectivity index (χ2n) is 9.63. The minimum absolute atomic E-state index is 0.0149. The van der Waals surface area contributed by atoms with Gasteiger partial charge in [-0.1, -0.05) is 23.8 Å². The molecule has 4 rings (SSSR count). The van der Waals surface area contributed by atoms with Gasteiger partial charge in [0.05, 0.1) is 0 Å². The number of hydrogen-bond acceptors (Lipinski definition) is 4. The molecule has 1 fully saturated rings. The summed E-state index contributed by atoms with van der Waals surface area (Å²) in [6.07, 6.45) is 13.7. The van der Waals surface area contributed by atoms with Crippen molar-refractivity contribution < 1.29 is 4.79 Å². The highest BCUT2D eigenvalue weighted by molar-refractivity contribution is 5.98. The van der Waals surface area contributed by atoms with Gasteiger partial charge in [0.15, 0.2) is 0 Å². The number of likely N-dealkylation sites (tertiary alicyclic amines) is 1. The highest BCUT2D eigenvalue weighted by Crippen LogP contribution is 2.33. The molecule has 0 spiro atoms. The molecule has 2 aliphatic rings. The Kier molecular flexibility index (Phi) is 7.63. The fraction of sp³-hybridized carbons (Fsp3) is 0.379. The van der Waals surface area contributed by atoms with Crippen LogP contribution in [-0.2, 0) is 0 Å². The van der Waals surface area contributed by atoms with Crippen LogP contribution in [0.3, 0.4) is 0 Å². The van der Waals surface area contributed by atoms with Crippen molar-refractivity contribution in [1.29, 1.82) is 0 Å². The summed E-state index contributed by atoms with van der Waals surface area (Å²) < 4.78 is 0. The number of rotatable bonds is 6. The second-order valence-corrected chi connectivity index (χ2v) is 9.63. The van der Waals surface area contributed by atoms with Crippen LogP contribution in [0.1, 0.15) is 54.6 Å². The van der Waals surface area contributed by atoms with E-state index in [0.717, 1.165) is 54.7 Å². The number of hydrogen-bond donors (Lipinski definition) is 2. The Balaban J connectivity index is 1.57. The molecule has 2 atom stereocenters. The number of likely N-dealkylation sites (N-methyl/N-ethyl adjacent to an activating group) is 1. The molecule has 2 unspecified atom stereocenters. The number of nitrogens with one attached hydrogen (secondary N) is 2. The second kappa shape index (κ2) is 10.8. The molecular weight excluding hydrogens is 420 g/mol. The van der Waals surface area contributed by atoms with Gasteiger partial charge in [0.1, 0.15) is 0 Å². The van der Waals surface area contributed by atoms with Gasteiger partial charge in [0, 0.05) is 55.4 Å². The van der Waals surface area contributed by atoms with Crippen molar-refractivity contribution in [2.75, 3.05) is 32.5 Å². The van der Waals surface area contributed by atoms with E-state index in [0.29, 0.717) is 11.5 Å². The van der Waals surface area contributed by atoms with Crippen molar-refractivity contribution in [1.82, 2.24) is 15.2 Å². The number of allylic oxidation sites excluding steroid dienone is 4. The summed E-state index contributed by atoms with van der Waals surface area (Å²) in [5, 5.41) is 6.62. The zero-order valence-corrected chi connectivity index (χ0v) is 20.8. The summed E-state index contributed by atoms with van der Waals surface area (Å²) in [6, 6.07) is 10.1. The smallest absolute Gasteiger partial charge is 0.251 e. The lowest BCUT2D eigenvalue weighted by Gasteiger charge is -2.37. The van der Waals surface area contributed by atoms with Gasteiger partial charge in [-0.2, -0.15) is 0 Å². The summed E-state index contributed by atoms with van der Waals surface area (Å²) in [4.78, 5) is 19.9.